The van der Waals surface area contributed by atoms with Crippen molar-refractivity contribution in [3.8, 4) is 0 Å². The molecule has 0 aromatic heterocycles. The van der Waals surface area contributed by atoms with Gasteiger partial charge >= 0.3 is 5.97 Å². The smallest absolute Gasteiger partial charge is 0.337 e. The van der Waals surface area contributed by atoms with Gasteiger partial charge in [0, 0.05) is 24.2 Å². The Morgan fingerprint density at radius 1 is 0.733 bits per heavy atom. The second kappa shape index (κ2) is 9.76. The van der Waals surface area contributed by atoms with E-state index in [9.17, 15) is 21.6 Å². The molecule has 0 atom stereocenters. The van der Waals surface area contributed by atoms with Crippen LogP contribution in [0.2, 0.25) is 0 Å². The molecular weight excluding hydrogens is 428 g/mol. The predicted molar refractivity (Wildman–Crippen MR) is 116 cm³/mol. The minimum atomic E-state index is -4.24. The summed E-state index contributed by atoms with van der Waals surface area (Å²) >= 11 is 0. The summed E-state index contributed by atoms with van der Waals surface area (Å²) < 4.78 is 61.4. The molecular formula is C20H34N2O6S2. The first-order valence-corrected chi connectivity index (χ1v) is 12.8. The monoisotopic (exact) mass is 462 g/mol. The van der Waals surface area contributed by atoms with Crippen molar-refractivity contribution in [2.24, 2.45) is 0 Å². The number of hydrogen-bond donors (Lipinski definition) is 0. The van der Waals surface area contributed by atoms with Crippen molar-refractivity contribution in [1.82, 2.24) is 8.61 Å². The summed E-state index contributed by atoms with van der Waals surface area (Å²) in [6.07, 6.45) is 0. The topological polar surface area (TPSA) is 101 Å². The van der Waals surface area contributed by atoms with Gasteiger partial charge in [0.25, 0.3) is 0 Å². The summed E-state index contributed by atoms with van der Waals surface area (Å²) in [6, 6.07) is 1.91. The summed E-state index contributed by atoms with van der Waals surface area (Å²) in [7, 11) is -7.24. The molecule has 0 fully saturated rings. The zero-order valence-corrected chi connectivity index (χ0v) is 20.8. The highest BCUT2D eigenvalue weighted by molar-refractivity contribution is 7.92. The van der Waals surface area contributed by atoms with Crippen LogP contribution in [0.25, 0.3) is 0 Å². The van der Waals surface area contributed by atoms with Gasteiger partial charge in [0.15, 0.2) is 0 Å². The van der Waals surface area contributed by atoms with E-state index in [1.807, 2.05) is 0 Å². The Bertz CT molecular complexity index is 951. The SMILES string of the molecule is COC(=O)c1ccc(S(=O)(=O)N(C(C)C)C(C)C)c(S(=O)(=O)N(C(C)C)C(C)C)c1. The fourth-order valence-electron chi connectivity index (χ4n) is 3.70. The standard InChI is InChI=1S/C20H34N2O6S2/c1-13(2)21(14(3)4)29(24,25)18-11-10-17(20(23)28-9)12-19(18)30(26,27)22(15(5)6)16(7)8/h10-16H,1-9H3. The van der Waals surface area contributed by atoms with E-state index in [1.165, 1.54) is 27.9 Å². The molecule has 172 valence electrons. The molecule has 0 radical (unpaired) electrons. The van der Waals surface area contributed by atoms with Crippen LogP contribution in [-0.4, -0.2) is 62.7 Å². The molecule has 0 heterocycles. The van der Waals surface area contributed by atoms with Crippen LogP contribution in [0.1, 0.15) is 65.7 Å². The third-order valence-electron chi connectivity index (χ3n) is 4.51. The van der Waals surface area contributed by atoms with Crippen LogP contribution in [-0.2, 0) is 24.8 Å². The molecule has 0 amide bonds. The molecule has 0 aliphatic carbocycles. The van der Waals surface area contributed by atoms with E-state index in [1.54, 1.807) is 55.4 Å². The average molecular weight is 463 g/mol. The van der Waals surface area contributed by atoms with Gasteiger partial charge in [0.05, 0.1) is 12.7 Å². The molecule has 0 bridgehead atoms. The van der Waals surface area contributed by atoms with Crippen LogP contribution in [0.3, 0.4) is 0 Å². The van der Waals surface area contributed by atoms with Crippen LogP contribution in [0, 0.1) is 0 Å². The molecule has 1 aromatic rings. The Hall–Kier alpha value is -1.49. The Morgan fingerprint density at radius 3 is 1.43 bits per heavy atom. The second-order valence-electron chi connectivity index (χ2n) is 8.20. The molecule has 30 heavy (non-hydrogen) atoms. The normalized spacial score (nSPS) is 13.3. The lowest BCUT2D eigenvalue weighted by molar-refractivity contribution is 0.0600. The van der Waals surface area contributed by atoms with E-state index in [4.69, 9.17) is 4.74 Å². The van der Waals surface area contributed by atoms with Gasteiger partial charge in [-0.3, -0.25) is 0 Å². The van der Waals surface area contributed by atoms with Gasteiger partial charge in [-0.1, -0.05) is 0 Å². The van der Waals surface area contributed by atoms with E-state index in [-0.39, 0.29) is 10.5 Å². The van der Waals surface area contributed by atoms with Gasteiger partial charge in [-0.25, -0.2) is 21.6 Å². The van der Waals surface area contributed by atoms with Crippen molar-refractivity contribution >= 4 is 26.0 Å². The molecule has 0 N–H and O–H groups in total. The van der Waals surface area contributed by atoms with Crippen molar-refractivity contribution in [2.75, 3.05) is 7.11 Å². The van der Waals surface area contributed by atoms with E-state index < -0.39 is 55.1 Å². The van der Waals surface area contributed by atoms with E-state index in [0.29, 0.717) is 0 Å². The first kappa shape index (κ1) is 26.5. The lowest BCUT2D eigenvalue weighted by Crippen LogP contribution is -2.44. The number of carbonyl (C=O) groups is 1. The molecule has 0 aliphatic heterocycles. The molecule has 1 aromatic carbocycles. The van der Waals surface area contributed by atoms with Crippen LogP contribution >= 0.6 is 0 Å². The molecule has 0 unspecified atom stereocenters. The Labute approximate surface area is 181 Å². The second-order valence-corrected chi connectivity index (χ2v) is 11.8. The maximum Gasteiger partial charge on any atom is 0.337 e. The summed E-state index contributed by atoms with van der Waals surface area (Å²) in [5, 5.41) is 0. The molecule has 8 nitrogen and oxygen atoms in total. The van der Waals surface area contributed by atoms with Gasteiger partial charge in [-0.15, -0.1) is 0 Å². The fourth-order valence-corrected chi connectivity index (χ4v) is 8.16. The molecule has 1 rings (SSSR count). The summed E-state index contributed by atoms with van der Waals surface area (Å²) in [5.41, 5.74) is -0.0388. The Morgan fingerprint density at radius 2 is 1.10 bits per heavy atom. The van der Waals surface area contributed by atoms with Crippen LogP contribution in [0.4, 0.5) is 0 Å². The molecule has 10 heteroatoms. The van der Waals surface area contributed by atoms with Gasteiger partial charge in [0.2, 0.25) is 20.0 Å². The van der Waals surface area contributed by atoms with Gasteiger partial charge in [-0.2, -0.15) is 8.61 Å². The van der Waals surface area contributed by atoms with Crippen molar-refractivity contribution in [3.05, 3.63) is 23.8 Å². The highest BCUT2D eigenvalue weighted by Gasteiger charge is 2.38. The number of rotatable bonds is 9. The average Bonchev–Trinajstić information content (AvgIpc) is 2.58. The van der Waals surface area contributed by atoms with Crippen LogP contribution < -0.4 is 0 Å². The lowest BCUT2D eigenvalue weighted by Gasteiger charge is -2.33. The van der Waals surface area contributed by atoms with Crippen molar-refractivity contribution in [2.45, 2.75) is 89.3 Å². The predicted octanol–water partition coefficient (Wildman–Crippen LogP) is 3.09. The molecule has 0 spiro atoms. The highest BCUT2D eigenvalue weighted by Crippen LogP contribution is 2.32. The highest BCUT2D eigenvalue weighted by atomic mass is 32.2. The maximum absolute atomic E-state index is 13.6. The number of hydrogen-bond acceptors (Lipinski definition) is 6. The minimum Gasteiger partial charge on any atom is -0.465 e. The molecule has 0 aliphatic rings. The van der Waals surface area contributed by atoms with Crippen molar-refractivity contribution < 1.29 is 26.4 Å². The first-order chi connectivity index (χ1) is 13.6. The van der Waals surface area contributed by atoms with Gasteiger partial charge in [-0.05, 0) is 73.6 Å². The number of carbonyl (C=O) groups excluding carboxylic acids is 1. The number of methoxy groups -OCH3 is 1. The summed E-state index contributed by atoms with van der Waals surface area (Å²) in [5.74, 6) is -0.749. The number of esters is 1. The fraction of sp³-hybridized carbons (Fsp3) is 0.650. The largest absolute Gasteiger partial charge is 0.465 e. The number of sulfonamides is 2. The zero-order valence-electron chi connectivity index (χ0n) is 19.2. The molecule has 0 saturated carbocycles. The first-order valence-electron chi connectivity index (χ1n) is 9.90. The molecule has 0 saturated heterocycles. The van der Waals surface area contributed by atoms with E-state index in [0.717, 1.165) is 6.07 Å². The van der Waals surface area contributed by atoms with Crippen LogP contribution in [0.5, 0.6) is 0 Å². The van der Waals surface area contributed by atoms with Gasteiger partial charge in [0.1, 0.15) is 9.79 Å². The summed E-state index contributed by atoms with van der Waals surface area (Å²) in [4.78, 5) is 11.3. The zero-order chi connectivity index (χ0) is 23.6. The summed E-state index contributed by atoms with van der Waals surface area (Å²) in [6.45, 7) is 13.8. The number of ether oxygens (including phenoxy) is 1. The number of benzene rings is 1. The van der Waals surface area contributed by atoms with Crippen molar-refractivity contribution in [1.29, 1.82) is 0 Å². The van der Waals surface area contributed by atoms with Gasteiger partial charge < -0.3 is 4.74 Å². The Balaban J connectivity index is 3.98. The number of nitrogens with zero attached hydrogens (tertiary/aromatic N) is 2. The van der Waals surface area contributed by atoms with Crippen molar-refractivity contribution in [3.63, 3.8) is 0 Å². The van der Waals surface area contributed by atoms with Crippen LogP contribution in [0.15, 0.2) is 28.0 Å². The Kier molecular flexibility index (Phi) is 8.63. The lowest BCUT2D eigenvalue weighted by atomic mass is 10.2. The van der Waals surface area contributed by atoms with E-state index in [2.05, 4.69) is 0 Å². The third-order valence-corrected chi connectivity index (χ3v) is 9.24. The minimum absolute atomic E-state index is 0.0388. The maximum atomic E-state index is 13.6. The van der Waals surface area contributed by atoms with E-state index >= 15 is 0 Å². The quantitative estimate of drug-likeness (QED) is 0.523. The third kappa shape index (κ3) is 5.22.